The van der Waals surface area contributed by atoms with Gasteiger partial charge in [0.15, 0.2) is 6.10 Å². The number of nitrogens with zero attached hydrogens (tertiary/aromatic N) is 2. The maximum Gasteiger partial charge on any atom is 0.266 e. The molecule has 3 aromatic carbocycles. The fraction of sp³-hybridized carbons (Fsp3) is 0.167. The van der Waals surface area contributed by atoms with Gasteiger partial charge in [-0.2, -0.15) is 0 Å². The second-order valence-corrected chi connectivity index (χ2v) is 8.63. The van der Waals surface area contributed by atoms with Gasteiger partial charge in [-0.15, -0.1) is 0 Å². The van der Waals surface area contributed by atoms with Gasteiger partial charge in [-0.3, -0.25) is 14.4 Å². The Labute approximate surface area is 189 Å². The summed E-state index contributed by atoms with van der Waals surface area (Å²) >= 11 is 12.2. The van der Waals surface area contributed by atoms with Gasteiger partial charge in [0.05, 0.1) is 27.5 Å². The summed E-state index contributed by atoms with van der Waals surface area (Å²) in [7, 11) is 0. The zero-order chi connectivity index (χ0) is 21.8. The van der Waals surface area contributed by atoms with E-state index < -0.39 is 23.5 Å². The molecule has 2 amide bonds. The summed E-state index contributed by atoms with van der Waals surface area (Å²) in [5.41, 5.74) is 0.893. The largest absolute Gasteiger partial charge is 0.273 e. The van der Waals surface area contributed by atoms with Gasteiger partial charge in [-0.25, -0.2) is 9.96 Å². The highest BCUT2D eigenvalue weighted by molar-refractivity contribution is 6.42. The van der Waals surface area contributed by atoms with Crippen LogP contribution >= 0.6 is 23.2 Å². The van der Waals surface area contributed by atoms with Gasteiger partial charge in [-0.1, -0.05) is 71.7 Å². The van der Waals surface area contributed by atoms with E-state index >= 15 is 0 Å². The SMILES string of the molecule is C[C@@]12C(=O)N(c3ccc(Cl)c(Cl)c3)C(=O)[C@H]1ON(c1ccccc1)[C@@H]2c1ccccc1. The maximum absolute atomic E-state index is 13.8. The molecule has 0 spiro atoms. The van der Waals surface area contributed by atoms with Crippen LogP contribution in [0, 0.1) is 5.41 Å². The van der Waals surface area contributed by atoms with Crippen molar-refractivity contribution in [3.8, 4) is 0 Å². The van der Waals surface area contributed by atoms with Gasteiger partial charge in [0, 0.05) is 0 Å². The van der Waals surface area contributed by atoms with E-state index in [0.717, 1.165) is 16.2 Å². The molecule has 0 bridgehead atoms. The lowest BCUT2D eigenvalue weighted by molar-refractivity contribution is -0.128. The highest BCUT2D eigenvalue weighted by Crippen LogP contribution is 2.55. The Morgan fingerprint density at radius 1 is 0.839 bits per heavy atom. The second-order valence-electron chi connectivity index (χ2n) is 7.82. The van der Waals surface area contributed by atoms with Crippen molar-refractivity contribution in [2.24, 2.45) is 5.41 Å². The van der Waals surface area contributed by atoms with E-state index in [9.17, 15) is 9.59 Å². The Morgan fingerprint density at radius 2 is 1.48 bits per heavy atom. The molecule has 5 nitrogen and oxygen atoms in total. The van der Waals surface area contributed by atoms with Crippen molar-refractivity contribution < 1.29 is 14.4 Å². The fourth-order valence-electron chi connectivity index (χ4n) is 4.43. The van der Waals surface area contributed by atoms with Crippen LogP contribution in [0.4, 0.5) is 11.4 Å². The number of carbonyl (C=O) groups excluding carboxylic acids is 2. The zero-order valence-electron chi connectivity index (χ0n) is 16.5. The standard InChI is InChI=1S/C24H18Cl2N2O3/c1-24-20(15-8-4-2-5-9-15)28(16-10-6-3-7-11-16)31-21(24)22(29)27(23(24)30)17-12-13-18(25)19(26)14-17/h2-14,20-21H,1H3/t20-,21-,24+/m1/s1. The van der Waals surface area contributed by atoms with Gasteiger partial charge in [0.2, 0.25) is 5.91 Å². The van der Waals surface area contributed by atoms with Crippen LogP contribution in [0.5, 0.6) is 0 Å². The number of carbonyl (C=O) groups is 2. The molecule has 0 aliphatic carbocycles. The number of rotatable bonds is 3. The molecule has 2 fully saturated rings. The minimum Gasteiger partial charge on any atom is -0.273 e. The molecule has 2 heterocycles. The van der Waals surface area contributed by atoms with Crippen molar-refractivity contribution in [2.75, 3.05) is 9.96 Å². The number of halogens is 2. The Kier molecular flexibility index (Phi) is 4.77. The first-order valence-corrected chi connectivity index (χ1v) is 10.6. The number of fused-ring (bicyclic) bond motifs is 1. The second kappa shape index (κ2) is 7.38. The van der Waals surface area contributed by atoms with Crippen LogP contribution in [0.2, 0.25) is 10.0 Å². The Bertz CT molecular complexity index is 1170. The van der Waals surface area contributed by atoms with Crippen molar-refractivity contribution in [1.29, 1.82) is 0 Å². The molecule has 0 N–H and O–H groups in total. The quantitative estimate of drug-likeness (QED) is 0.496. The third-order valence-electron chi connectivity index (χ3n) is 5.96. The van der Waals surface area contributed by atoms with Gasteiger partial charge in [-0.05, 0) is 42.8 Å². The molecule has 31 heavy (non-hydrogen) atoms. The van der Waals surface area contributed by atoms with E-state index in [2.05, 4.69) is 0 Å². The summed E-state index contributed by atoms with van der Waals surface area (Å²) in [5, 5.41) is 2.31. The number of benzene rings is 3. The topological polar surface area (TPSA) is 49.9 Å². The monoisotopic (exact) mass is 452 g/mol. The van der Waals surface area contributed by atoms with Crippen LogP contribution in [0.1, 0.15) is 18.5 Å². The smallest absolute Gasteiger partial charge is 0.266 e. The minimum absolute atomic E-state index is 0.272. The number of hydrogen-bond acceptors (Lipinski definition) is 4. The average molecular weight is 453 g/mol. The molecule has 0 radical (unpaired) electrons. The predicted molar refractivity (Wildman–Crippen MR) is 120 cm³/mol. The van der Waals surface area contributed by atoms with Gasteiger partial charge in [0.1, 0.15) is 5.41 Å². The maximum atomic E-state index is 13.8. The van der Waals surface area contributed by atoms with E-state index in [1.54, 1.807) is 24.1 Å². The molecule has 156 valence electrons. The van der Waals surface area contributed by atoms with Gasteiger partial charge in [0.25, 0.3) is 5.91 Å². The molecular weight excluding hydrogens is 435 g/mol. The summed E-state index contributed by atoms with van der Waals surface area (Å²) in [4.78, 5) is 34.6. The molecule has 0 saturated carbocycles. The fourth-order valence-corrected chi connectivity index (χ4v) is 4.72. The van der Waals surface area contributed by atoms with Gasteiger partial charge >= 0.3 is 0 Å². The van der Waals surface area contributed by atoms with Crippen LogP contribution in [0.25, 0.3) is 0 Å². The van der Waals surface area contributed by atoms with E-state index in [1.165, 1.54) is 6.07 Å². The molecular formula is C24H18Cl2N2O3. The van der Waals surface area contributed by atoms with Crippen LogP contribution in [-0.2, 0) is 14.4 Å². The highest BCUT2D eigenvalue weighted by Gasteiger charge is 2.68. The molecule has 0 unspecified atom stereocenters. The Balaban J connectivity index is 1.63. The third-order valence-corrected chi connectivity index (χ3v) is 6.70. The number of hydroxylamine groups is 1. The minimum atomic E-state index is -1.14. The molecule has 3 aromatic rings. The van der Waals surface area contributed by atoms with Crippen LogP contribution < -0.4 is 9.96 Å². The summed E-state index contributed by atoms with van der Waals surface area (Å²) in [6, 6.07) is 23.3. The van der Waals surface area contributed by atoms with Crippen LogP contribution in [-0.4, -0.2) is 17.9 Å². The first-order valence-electron chi connectivity index (χ1n) is 9.82. The van der Waals surface area contributed by atoms with Crippen molar-refractivity contribution >= 4 is 46.4 Å². The normalized spacial score (nSPS) is 25.3. The molecule has 3 atom stereocenters. The number of anilines is 2. The van der Waals surface area contributed by atoms with Gasteiger partial charge < -0.3 is 0 Å². The van der Waals surface area contributed by atoms with Crippen molar-refractivity contribution in [1.82, 2.24) is 0 Å². The number of para-hydroxylation sites is 1. The summed E-state index contributed by atoms with van der Waals surface area (Å²) in [6.07, 6.45) is -0.972. The first kappa shape index (κ1) is 20.1. The number of hydrogen-bond donors (Lipinski definition) is 0. The molecule has 2 aliphatic rings. The first-order chi connectivity index (χ1) is 14.9. The lowest BCUT2D eigenvalue weighted by Crippen LogP contribution is -2.41. The van der Waals surface area contributed by atoms with Crippen molar-refractivity contribution in [3.05, 3.63) is 94.5 Å². The lowest BCUT2D eigenvalue weighted by Gasteiger charge is -2.32. The number of amides is 2. The highest BCUT2D eigenvalue weighted by atomic mass is 35.5. The van der Waals surface area contributed by atoms with E-state index in [0.29, 0.717) is 10.7 Å². The van der Waals surface area contributed by atoms with Crippen LogP contribution in [0.15, 0.2) is 78.9 Å². The summed E-state index contributed by atoms with van der Waals surface area (Å²) in [5.74, 6) is -0.765. The predicted octanol–water partition coefficient (Wildman–Crippen LogP) is 5.43. The Hall–Kier alpha value is -2.86. The lowest BCUT2D eigenvalue weighted by atomic mass is 9.76. The van der Waals surface area contributed by atoms with E-state index in [4.69, 9.17) is 28.0 Å². The molecule has 7 heteroatoms. The number of imide groups is 1. The summed E-state index contributed by atoms with van der Waals surface area (Å²) in [6.45, 7) is 1.79. The molecule has 2 saturated heterocycles. The van der Waals surface area contributed by atoms with E-state index in [1.807, 2.05) is 60.7 Å². The molecule has 2 aliphatic heterocycles. The average Bonchev–Trinajstić information content (AvgIpc) is 3.20. The van der Waals surface area contributed by atoms with Crippen molar-refractivity contribution in [2.45, 2.75) is 19.1 Å². The molecule has 0 aromatic heterocycles. The van der Waals surface area contributed by atoms with E-state index in [-0.39, 0.29) is 10.9 Å². The van der Waals surface area contributed by atoms with Crippen LogP contribution in [0.3, 0.4) is 0 Å². The Morgan fingerprint density at radius 3 is 2.13 bits per heavy atom. The van der Waals surface area contributed by atoms with Crippen molar-refractivity contribution in [3.63, 3.8) is 0 Å². The summed E-state index contributed by atoms with van der Waals surface area (Å²) < 4.78 is 0. The molecule has 5 rings (SSSR count). The zero-order valence-corrected chi connectivity index (χ0v) is 18.0. The third kappa shape index (κ3) is 2.96.